The minimum Gasteiger partial charge on any atom is -0.691 e. The van der Waals surface area contributed by atoms with E-state index >= 15 is 0 Å². The van der Waals surface area contributed by atoms with Gasteiger partial charge in [0.05, 0.1) is 5.41 Å². The van der Waals surface area contributed by atoms with Crippen LogP contribution in [0.4, 0.5) is 11.4 Å². The molecule has 0 unspecified atom stereocenters. The van der Waals surface area contributed by atoms with Crippen molar-refractivity contribution < 1.29 is 19.2 Å². The summed E-state index contributed by atoms with van der Waals surface area (Å²) in [5.74, 6) is 0.706. The van der Waals surface area contributed by atoms with Crippen molar-refractivity contribution in [2.24, 2.45) is 0 Å². The lowest BCUT2D eigenvalue weighted by Gasteiger charge is -2.27. The third kappa shape index (κ3) is 6.51. The van der Waals surface area contributed by atoms with Crippen LogP contribution in [0.3, 0.4) is 0 Å². The smallest absolute Gasteiger partial charge is 0.210 e. The average Bonchev–Trinajstić information content (AvgIpc) is 3.44. The summed E-state index contributed by atoms with van der Waals surface area (Å²) in [5.41, 5.74) is 7.80. The third-order valence-electron chi connectivity index (χ3n) is 10.2. The van der Waals surface area contributed by atoms with E-state index in [1.807, 2.05) is 0 Å². The van der Waals surface area contributed by atoms with Gasteiger partial charge in [-0.2, -0.15) is 8.91 Å². The highest BCUT2D eigenvalue weighted by atomic mass is 32.2. The first-order chi connectivity index (χ1) is 23.3. The molecule has 5 nitrogen and oxygen atoms in total. The molecule has 0 aliphatic carbocycles. The van der Waals surface area contributed by atoms with Crippen molar-refractivity contribution in [2.45, 2.75) is 77.6 Å². The number of anilines is 1. The van der Waals surface area contributed by atoms with E-state index in [4.69, 9.17) is 0 Å². The molecule has 2 heterocycles. The third-order valence-corrected chi connectivity index (χ3v) is 10.8. The fourth-order valence-corrected chi connectivity index (χ4v) is 8.34. The zero-order chi connectivity index (χ0) is 33.7. The average molecular weight is 661 g/mol. The number of nitrogens with zero attached hydrogens (tertiary/aromatic N) is 2. The molecule has 0 fully saturated rings. The summed E-state index contributed by atoms with van der Waals surface area (Å²) < 4.78 is 7.04. The minimum absolute atomic E-state index is 0.110. The van der Waals surface area contributed by atoms with E-state index in [1.165, 1.54) is 74.7 Å². The minimum atomic E-state index is -0.167. The van der Waals surface area contributed by atoms with Crippen molar-refractivity contribution in [1.29, 1.82) is 0 Å². The van der Waals surface area contributed by atoms with Gasteiger partial charge < -0.3 is 10.2 Å². The predicted octanol–water partition coefficient (Wildman–Crippen LogP) is 10.0. The SMILES string of the molecule is CCCCC[N+]1=C(C=CC=CC=C2N(CCCCSOO[O-])c3ccc4ccccc4c3C2(C)C)C(C)(C)c2c1ccc1ccccc21. The molecule has 250 valence electrons. The Kier molecular flexibility index (Phi) is 10.6. The van der Waals surface area contributed by atoms with Crippen LogP contribution in [0.25, 0.3) is 21.5 Å². The highest BCUT2D eigenvalue weighted by Crippen LogP contribution is 2.51. The summed E-state index contributed by atoms with van der Waals surface area (Å²) in [6.07, 6.45) is 16.8. The summed E-state index contributed by atoms with van der Waals surface area (Å²) in [4.78, 5) is 2.48. The van der Waals surface area contributed by atoms with Crippen molar-refractivity contribution in [1.82, 2.24) is 0 Å². The van der Waals surface area contributed by atoms with E-state index in [-0.39, 0.29) is 10.8 Å². The van der Waals surface area contributed by atoms with Gasteiger partial charge in [0.2, 0.25) is 5.69 Å². The van der Waals surface area contributed by atoms with Crippen molar-refractivity contribution in [2.75, 3.05) is 23.7 Å². The van der Waals surface area contributed by atoms with E-state index in [2.05, 4.69) is 157 Å². The summed E-state index contributed by atoms with van der Waals surface area (Å²) in [7, 11) is 0. The van der Waals surface area contributed by atoms with Crippen molar-refractivity contribution >= 4 is 50.7 Å². The topological polar surface area (TPSA) is 47.8 Å². The molecule has 2 aliphatic heterocycles. The van der Waals surface area contributed by atoms with Gasteiger partial charge in [0.1, 0.15) is 6.54 Å². The van der Waals surface area contributed by atoms with Gasteiger partial charge in [-0.3, -0.25) is 5.04 Å². The molecule has 0 radical (unpaired) electrons. The number of hydrogen-bond donors (Lipinski definition) is 0. The van der Waals surface area contributed by atoms with Gasteiger partial charge in [-0.05, 0) is 78.4 Å². The fourth-order valence-electron chi connectivity index (χ4n) is 7.91. The zero-order valence-electron chi connectivity index (χ0n) is 29.0. The molecular formula is C42H48N2O3S. The number of rotatable bonds is 14. The summed E-state index contributed by atoms with van der Waals surface area (Å²) in [6, 6.07) is 26.6. The van der Waals surface area contributed by atoms with Gasteiger partial charge in [0.25, 0.3) is 0 Å². The maximum atomic E-state index is 10.2. The van der Waals surface area contributed by atoms with Crippen LogP contribution in [0.1, 0.15) is 77.8 Å². The van der Waals surface area contributed by atoms with Gasteiger partial charge >= 0.3 is 0 Å². The second-order valence-electron chi connectivity index (χ2n) is 14.0. The highest BCUT2D eigenvalue weighted by Gasteiger charge is 2.45. The molecular weight excluding hydrogens is 613 g/mol. The van der Waals surface area contributed by atoms with Crippen LogP contribution in [-0.4, -0.2) is 29.1 Å². The van der Waals surface area contributed by atoms with Crippen LogP contribution < -0.4 is 10.2 Å². The molecule has 4 aromatic carbocycles. The molecule has 0 amide bonds. The van der Waals surface area contributed by atoms with E-state index in [1.54, 1.807) is 0 Å². The largest absolute Gasteiger partial charge is 0.691 e. The Labute approximate surface area is 290 Å². The molecule has 2 aliphatic rings. The number of allylic oxidation sites excluding steroid dienone is 6. The van der Waals surface area contributed by atoms with Crippen LogP contribution >= 0.6 is 12.0 Å². The fraction of sp³-hybridized carbons (Fsp3) is 0.357. The number of hydrogen-bond acceptors (Lipinski definition) is 5. The van der Waals surface area contributed by atoms with E-state index in [9.17, 15) is 5.26 Å². The van der Waals surface area contributed by atoms with Crippen molar-refractivity contribution in [3.05, 3.63) is 120 Å². The first kappa shape index (κ1) is 34.2. The van der Waals surface area contributed by atoms with Crippen LogP contribution in [0.15, 0.2) is 109 Å². The Balaban J connectivity index is 1.31. The molecule has 6 rings (SSSR count). The lowest BCUT2D eigenvalue weighted by Crippen LogP contribution is -2.28. The summed E-state index contributed by atoms with van der Waals surface area (Å²) in [6.45, 7) is 13.6. The zero-order valence-corrected chi connectivity index (χ0v) is 29.8. The van der Waals surface area contributed by atoms with Crippen LogP contribution in [0.5, 0.6) is 0 Å². The Bertz CT molecular complexity index is 1900. The number of fused-ring (bicyclic) bond motifs is 6. The molecule has 0 bridgehead atoms. The number of benzene rings is 4. The molecule has 0 N–H and O–H groups in total. The normalized spacial score (nSPS) is 17.5. The Morgan fingerprint density at radius 2 is 1.48 bits per heavy atom. The Morgan fingerprint density at radius 3 is 2.21 bits per heavy atom. The lowest BCUT2D eigenvalue weighted by atomic mass is 9.79. The standard InChI is InChI=1S/C42H48N2O3S/c1-6-7-15-28-43-35-26-24-31-18-11-13-20-33(31)39(35)41(2,3)37(43)22-9-8-10-23-38-42(4,5)40-34-21-14-12-19-32(34)25-27-36(40)44(38)29-16-17-30-48-47-46-45/h8-14,18-27H,6-7,15-17,28-30H2,1-5H3. The molecule has 4 aromatic rings. The molecule has 48 heavy (non-hydrogen) atoms. The molecule has 0 atom stereocenters. The van der Waals surface area contributed by atoms with E-state index in [0.717, 1.165) is 38.0 Å². The lowest BCUT2D eigenvalue weighted by molar-refractivity contribution is -0.777. The molecule has 0 spiro atoms. The first-order valence-corrected chi connectivity index (χ1v) is 18.3. The van der Waals surface area contributed by atoms with Crippen LogP contribution in [0, 0.1) is 0 Å². The summed E-state index contributed by atoms with van der Waals surface area (Å²) in [5, 5.41) is 18.9. The molecule has 0 saturated heterocycles. The first-order valence-electron chi connectivity index (χ1n) is 17.4. The van der Waals surface area contributed by atoms with Crippen LogP contribution in [0.2, 0.25) is 0 Å². The Morgan fingerprint density at radius 1 is 0.771 bits per heavy atom. The van der Waals surface area contributed by atoms with Gasteiger partial charge in [-0.15, -0.1) is 0 Å². The van der Waals surface area contributed by atoms with Gasteiger partial charge in [0, 0.05) is 65.3 Å². The highest BCUT2D eigenvalue weighted by molar-refractivity contribution is 7.94. The van der Waals surface area contributed by atoms with Crippen molar-refractivity contribution in [3.63, 3.8) is 0 Å². The predicted molar refractivity (Wildman–Crippen MR) is 201 cm³/mol. The maximum absolute atomic E-state index is 10.2. The van der Waals surface area contributed by atoms with E-state index < -0.39 is 0 Å². The maximum Gasteiger partial charge on any atom is 0.210 e. The van der Waals surface area contributed by atoms with Gasteiger partial charge in [-0.1, -0.05) is 100 Å². The second-order valence-corrected chi connectivity index (χ2v) is 14.7. The van der Waals surface area contributed by atoms with Crippen LogP contribution in [-0.2, 0) is 20.2 Å². The molecule has 6 heteroatoms. The van der Waals surface area contributed by atoms with Crippen molar-refractivity contribution in [3.8, 4) is 0 Å². The molecule has 0 aromatic heterocycles. The Hall–Kier alpha value is -3.68. The van der Waals surface area contributed by atoms with E-state index in [0.29, 0.717) is 5.75 Å². The second kappa shape index (κ2) is 14.8. The van der Waals surface area contributed by atoms with Gasteiger partial charge in [-0.25, -0.2) is 0 Å². The molecule has 0 saturated carbocycles. The monoisotopic (exact) mass is 660 g/mol. The quantitative estimate of drug-likeness (QED) is 0.0337. The summed E-state index contributed by atoms with van der Waals surface area (Å²) >= 11 is 1.06. The number of unbranched alkanes of at least 4 members (excludes halogenated alkanes) is 3. The van der Waals surface area contributed by atoms with Gasteiger partial charge in [0.15, 0.2) is 5.71 Å².